The molecular weight excluding hydrogens is 399 g/mol. The van der Waals surface area contributed by atoms with Crippen LogP contribution in [0.4, 0.5) is 0 Å². The zero-order chi connectivity index (χ0) is 21.4. The molecule has 0 heterocycles. The highest BCUT2D eigenvalue weighted by atomic mass is 35.5. The van der Waals surface area contributed by atoms with Crippen LogP contribution in [0.2, 0.25) is 10.0 Å². The number of hydrogen-bond acceptors (Lipinski definition) is 2. The zero-order valence-corrected chi connectivity index (χ0v) is 19.5. The molecule has 156 valence electrons. The van der Waals surface area contributed by atoms with Gasteiger partial charge in [-0.2, -0.15) is 5.26 Å². The SMILES string of the molecule is CC(C)N(CCCC(C#N)(c1c(Cl)cccc1Cl)C(C)C)CCc1ccccc1. The second-order valence-corrected chi connectivity index (χ2v) is 9.12. The molecule has 0 N–H and O–H groups in total. The Balaban J connectivity index is 2.11. The van der Waals surface area contributed by atoms with Crippen molar-refractivity contribution in [2.75, 3.05) is 13.1 Å². The quantitative estimate of drug-likeness (QED) is 0.400. The molecule has 0 saturated heterocycles. The smallest absolute Gasteiger partial charge is 0.0874 e. The van der Waals surface area contributed by atoms with Crippen LogP contribution in [0.25, 0.3) is 0 Å². The van der Waals surface area contributed by atoms with Gasteiger partial charge < -0.3 is 4.90 Å². The minimum atomic E-state index is -0.683. The molecule has 2 aromatic rings. The van der Waals surface area contributed by atoms with E-state index in [1.54, 1.807) is 0 Å². The third-order valence-corrected chi connectivity index (χ3v) is 6.50. The van der Waals surface area contributed by atoms with Gasteiger partial charge in [-0.3, -0.25) is 0 Å². The first-order valence-corrected chi connectivity index (χ1v) is 11.2. The molecule has 0 aliphatic rings. The zero-order valence-electron chi connectivity index (χ0n) is 18.0. The molecule has 0 bridgehead atoms. The summed E-state index contributed by atoms with van der Waals surface area (Å²) in [5.74, 6) is 0.113. The van der Waals surface area contributed by atoms with Crippen molar-refractivity contribution in [3.63, 3.8) is 0 Å². The van der Waals surface area contributed by atoms with Crippen molar-refractivity contribution in [3.8, 4) is 6.07 Å². The topological polar surface area (TPSA) is 27.0 Å². The summed E-state index contributed by atoms with van der Waals surface area (Å²) in [6.45, 7) is 10.6. The summed E-state index contributed by atoms with van der Waals surface area (Å²) in [4.78, 5) is 2.49. The summed E-state index contributed by atoms with van der Waals surface area (Å²) in [7, 11) is 0. The minimum Gasteiger partial charge on any atom is -0.301 e. The average Bonchev–Trinajstić information content (AvgIpc) is 2.69. The standard InChI is InChI=1S/C25H32Cl2N2/c1-19(2)25(18-28,24-22(26)12-8-13-23(24)27)15-9-16-29(20(3)4)17-14-21-10-6-5-7-11-21/h5-8,10-13,19-20H,9,14-17H2,1-4H3. The van der Waals surface area contributed by atoms with Gasteiger partial charge in [0.2, 0.25) is 0 Å². The predicted molar refractivity (Wildman–Crippen MR) is 125 cm³/mol. The molecule has 0 aromatic heterocycles. The number of nitriles is 1. The van der Waals surface area contributed by atoms with Crippen LogP contribution in [0, 0.1) is 17.2 Å². The third-order valence-electron chi connectivity index (χ3n) is 5.87. The Labute approximate surface area is 186 Å². The van der Waals surface area contributed by atoms with Crippen molar-refractivity contribution in [2.24, 2.45) is 5.92 Å². The van der Waals surface area contributed by atoms with Crippen LogP contribution in [0.3, 0.4) is 0 Å². The Morgan fingerprint density at radius 3 is 2.07 bits per heavy atom. The molecule has 0 amide bonds. The van der Waals surface area contributed by atoms with Gasteiger partial charge in [0.05, 0.1) is 11.5 Å². The first kappa shape index (κ1) is 23.7. The minimum absolute atomic E-state index is 0.113. The highest BCUT2D eigenvalue weighted by Gasteiger charge is 2.39. The molecule has 4 heteroatoms. The van der Waals surface area contributed by atoms with Crippen LogP contribution in [0.15, 0.2) is 48.5 Å². The van der Waals surface area contributed by atoms with E-state index in [2.05, 4.69) is 69.0 Å². The Bertz CT molecular complexity index is 791. The lowest BCUT2D eigenvalue weighted by molar-refractivity contribution is 0.210. The Hall–Kier alpha value is -1.53. The molecule has 0 fully saturated rings. The summed E-state index contributed by atoms with van der Waals surface area (Å²) in [6.07, 6.45) is 2.68. The lowest BCUT2D eigenvalue weighted by Crippen LogP contribution is -2.36. The van der Waals surface area contributed by atoms with Gasteiger partial charge in [-0.15, -0.1) is 0 Å². The van der Waals surface area contributed by atoms with Gasteiger partial charge in [0.15, 0.2) is 0 Å². The third kappa shape index (κ3) is 5.98. The Morgan fingerprint density at radius 1 is 0.931 bits per heavy atom. The number of hydrogen-bond donors (Lipinski definition) is 0. The van der Waals surface area contributed by atoms with Crippen molar-refractivity contribution < 1.29 is 0 Å². The fourth-order valence-corrected chi connectivity index (χ4v) is 4.71. The van der Waals surface area contributed by atoms with Crippen LogP contribution in [0.1, 0.15) is 51.7 Å². The van der Waals surface area contributed by atoms with Gasteiger partial charge >= 0.3 is 0 Å². The predicted octanol–water partition coefficient (Wildman–Crippen LogP) is 7.14. The maximum atomic E-state index is 10.2. The molecule has 29 heavy (non-hydrogen) atoms. The van der Waals surface area contributed by atoms with Crippen LogP contribution in [-0.2, 0) is 11.8 Å². The normalized spacial score (nSPS) is 13.7. The maximum Gasteiger partial charge on any atom is 0.0874 e. The van der Waals surface area contributed by atoms with E-state index in [-0.39, 0.29) is 5.92 Å². The molecule has 2 rings (SSSR count). The van der Waals surface area contributed by atoms with Crippen LogP contribution < -0.4 is 0 Å². The molecule has 2 aromatic carbocycles. The van der Waals surface area contributed by atoms with E-state index in [4.69, 9.17) is 23.2 Å². The van der Waals surface area contributed by atoms with Gasteiger partial charge in [0.1, 0.15) is 0 Å². The molecule has 1 unspecified atom stereocenters. The number of benzene rings is 2. The van der Waals surface area contributed by atoms with Gasteiger partial charge in [-0.05, 0) is 63.3 Å². The molecule has 0 aliphatic carbocycles. The number of rotatable bonds is 10. The van der Waals surface area contributed by atoms with Gasteiger partial charge in [0, 0.05) is 28.2 Å². The summed E-state index contributed by atoms with van der Waals surface area (Å²) in [6, 6.07) is 19.1. The largest absolute Gasteiger partial charge is 0.301 e. The average molecular weight is 431 g/mol. The molecule has 2 nitrogen and oxygen atoms in total. The van der Waals surface area contributed by atoms with E-state index >= 15 is 0 Å². The Kier molecular flexibility index (Phi) is 9.03. The summed E-state index contributed by atoms with van der Waals surface area (Å²) < 4.78 is 0. The van der Waals surface area contributed by atoms with Crippen molar-refractivity contribution >= 4 is 23.2 Å². The Morgan fingerprint density at radius 2 is 1.55 bits per heavy atom. The summed E-state index contributed by atoms with van der Waals surface area (Å²) in [5.41, 5.74) is 1.45. The van der Waals surface area contributed by atoms with Crippen molar-refractivity contribution in [1.29, 1.82) is 5.26 Å². The molecule has 0 aliphatic heterocycles. The van der Waals surface area contributed by atoms with E-state index in [1.165, 1.54) is 5.56 Å². The van der Waals surface area contributed by atoms with Crippen LogP contribution in [0.5, 0.6) is 0 Å². The number of nitrogens with zero attached hydrogens (tertiary/aromatic N) is 2. The molecule has 0 radical (unpaired) electrons. The second kappa shape index (κ2) is 11.0. The number of halogens is 2. The van der Waals surface area contributed by atoms with E-state index in [1.807, 2.05) is 18.2 Å². The molecule has 0 saturated carbocycles. The van der Waals surface area contributed by atoms with E-state index in [0.29, 0.717) is 16.1 Å². The molecule has 1 atom stereocenters. The lowest BCUT2D eigenvalue weighted by atomic mass is 9.69. The lowest BCUT2D eigenvalue weighted by Gasteiger charge is -2.34. The summed E-state index contributed by atoms with van der Waals surface area (Å²) >= 11 is 13.0. The monoisotopic (exact) mass is 430 g/mol. The second-order valence-electron chi connectivity index (χ2n) is 8.30. The first-order valence-electron chi connectivity index (χ1n) is 10.5. The first-order chi connectivity index (χ1) is 13.8. The molecule has 0 spiro atoms. The van der Waals surface area contributed by atoms with E-state index in [0.717, 1.165) is 37.9 Å². The highest BCUT2D eigenvalue weighted by molar-refractivity contribution is 6.36. The van der Waals surface area contributed by atoms with Crippen LogP contribution in [-0.4, -0.2) is 24.0 Å². The van der Waals surface area contributed by atoms with Gasteiger partial charge in [-0.25, -0.2) is 0 Å². The van der Waals surface area contributed by atoms with Gasteiger partial charge in [-0.1, -0.05) is 73.4 Å². The molecular formula is C25H32Cl2N2. The van der Waals surface area contributed by atoms with Crippen LogP contribution >= 0.6 is 23.2 Å². The highest BCUT2D eigenvalue weighted by Crippen LogP contribution is 2.43. The van der Waals surface area contributed by atoms with Crippen molar-refractivity contribution in [2.45, 2.75) is 58.4 Å². The maximum absolute atomic E-state index is 10.2. The van der Waals surface area contributed by atoms with Gasteiger partial charge in [0.25, 0.3) is 0 Å². The van der Waals surface area contributed by atoms with Crippen molar-refractivity contribution in [3.05, 3.63) is 69.7 Å². The summed E-state index contributed by atoms with van der Waals surface area (Å²) in [5, 5.41) is 11.4. The fourth-order valence-electron chi connectivity index (χ4n) is 3.97. The fraction of sp³-hybridized carbons (Fsp3) is 0.480. The van der Waals surface area contributed by atoms with E-state index in [9.17, 15) is 5.26 Å². The van der Waals surface area contributed by atoms with Crippen molar-refractivity contribution in [1.82, 2.24) is 4.90 Å². The van der Waals surface area contributed by atoms with E-state index < -0.39 is 5.41 Å².